The van der Waals surface area contributed by atoms with Gasteiger partial charge in [0.05, 0.1) is 17.2 Å². The van der Waals surface area contributed by atoms with Gasteiger partial charge in [0.25, 0.3) is 0 Å². The Morgan fingerprint density at radius 3 is 2.86 bits per heavy atom. The monoisotopic (exact) mass is 327 g/mol. The van der Waals surface area contributed by atoms with E-state index in [1.54, 1.807) is 24.3 Å². The average Bonchev–Trinajstić information content (AvgIpc) is 2.97. The number of methoxy groups -OCH3 is 1. The second-order valence-electron chi connectivity index (χ2n) is 4.69. The van der Waals surface area contributed by atoms with E-state index in [-0.39, 0.29) is 11.9 Å². The zero-order chi connectivity index (χ0) is 15.4. The summed E-state index contributed by atoms with van der Waals surface area (Å²) in [5.74, 6) is -0.617. The molecule has 1 unspecified atom stereocenters. The molecule has 0 aliphatic carbocycles. The number of carbonyl (C=O) groups is 2. The molecule has 0 radical (unpaired) electrons. The van der Waals surface area contributed by atoms with E-state index < -0.39 is 6.04 Å². The van der Waals surface area contributed by atoms with E-state index in [0.717, 1.165) is 6.42 Å². The molecule has 1 saturated heterocycles. The highest BCUT2D eigenvalue weighted by Gasteiger charge is 2.33. The van der Waals surface area contributed by atoms with E-state index in [1.807, 2.05) is 0 Å². The fourth-order valence-electron chi connectivity index (χ4n) is 2.32. The third-order valence-corrected chi connectivity index (χ3v) is 4.23. The maximum Gasteiger partial charge on any atom is 0.328 e. The molecule has 0 bridgehead atoms. The molecule has 0 N–H and O–H groups in total. The van der Waals surface area contributed by atoms with Gasteiger partial charge in [-0.15, -0.1) is 0 Å². The summed E-state index contributed by atoms with van der Waals surface area (Å²) in [6.45, 7) is 0.548. The Morgan fingerprint density at radius 1 is 1.38 bits per heavy atom. The molecular formula is C15H15Cl2NO3. The van der Waals surface area contributed by atoms with Crippen molar-refractivity contribution in [3.63, 3.8) is 0 Å². The second-order valence-corrected chi connectivity index (χ2v) is 5.47. The molecule has 1 aromatic rings. The molecule has 4 nitrogen and oxygen atoms in total. The maximum absolute atomic E-state index is 12.2. The number of benzene rings is 1. The van der Waals surface area contributed by atoms with Crippen LogP contribution < -0.4 is 0 Å². The molecule has 1 aromatic carbocycles. The number of carbonyl (C=O) groups excluding carboxylic acids is 2. The van der Waals surface area contributed by atoms with Gasteiger partial charge in [-0.25, -0.2) is 4.79 Å². The maximum atomic E-state index is 12.2. The fourth-order valence-corrected chi connectivity index (χ4v) is 2.69. The van der Waals surface area contributed by atoms with E-state index in [2.05, 4.69) is 0 Å². The highest BCUT2D eigenvalue weighted by Crippen LogP contribution is 2.26. The molecule has 0 spiro atoms. The van der Waals surface area contributed by atoms with E-state index in [4.69, 9.17) is 27.9 Å². The van der Waals surface area contributed by atoms with E-state index in [0.29, 0.717) is 28.6 Å². The smallest absolute Gasteiger partial charge is 0.328 e. The fraction of sp³-hybridized carbons (Fsp3) is 0.333. The Balaban J connectivity index is 2.12. The molecule has 1 atom stereocenters. The van der Waals surface area contributed by atoms with Gasteiger partial charge in [-0.1, -0.05) is 35.3 Å². The zero-order valence-electron chi connectivity index (χ0n) is 11.5. The number of nitrogens with zero attached hydrogens (tertiary/aromatic N) is 1. The summed E-state index contributed by atoms with van der Waals surface area (Å²) in [5, 5.41) is 0.828. The lowest BCUT2D eigenvalue weighted by atomic mass is 10.2. The Kier molecular flexibility index (Phi) is 5.26. The van der Waals surface area contributed by atoms with Crippen LogP contribution in [0.25, 0.3) is 6.08 Å². The number of hydrogen-bond donors (Lipinski definition) is 0. The molecule has 0 saturated carbocycles. The second kappa shape index (κ2) is 6.96. The summed E-state index contributed by atoms with van der Waals surface area (Å²) < 4.78 is 4.72. The van der Waals surface area contributed by atoms with Crippen molar-refractivity contribution < 1.29 is 14.3 Å². The Bertz CT molecular complexity index is 586. The number of halogens is 2. The van der Waals surface area contributed by atoms with Crippen molar-refractivity contribution in [1.29, 1.82) is 0 Å². The van der Waals surface area contributed by atoms with Crippen LogP contribution in [-0.4, -0.2) is 36.5 Å². The van der Waals surface area contributed by atoms with E-state index in [1.165, 1.54) is 18.1 Å². The van der Waals surface area contributed by atoms with Gasteiger partial charge in [0.15, 0.2) is 0 Å². The van der Waals surface area contributed by atoms with Crippen LogP contribution in [0.5, 0.6) is 0 Å². The van der Waals surface area contributed by atoms with Crippen molar-refractivity contribution in [3.05, 3.63) is 39.9 Å². The third kappa shape index (κ3) is 3.57. The topological polar surface area (TPSA) is 46.6 Å². The largest absolute Gasteiger partial charge is 0.467 e. The lowest BCUT2D eigenvalue weighted by Gasteiger charge is -2.20. The van der Waals surface area contributed by atoms with Crippen LogP contribution in [0, 0.1) is 0 Å². The van der Waals surface area contributed by atoms with Gasteiger partial charge >= 0.3 is 5.97 Å². The summed E-state index contributed by atoms with van der Waals surface area (Å²) in [7, 11) is 1.32. The average molecular weight is 328 g/mol. The lowest BCUT2D eigenvalue weighted by Crippen LogP contribution is -2.40. The van der Waals surface area contributed by atoms with E-state index in [9.17, 15) is 9.59 Å². The van der Waals surface area contributed by atoms with Crippen LogP contribution in [0.15, 0.2) is 24.3 Å². The van der Waals surface area contributed by atoms with Crippen LogP contribution >= 0.6 is 23.2 Å². The zero-order valence-corrected chi connectivity index (χ0v) is 13.0. The first-order chi connectivity index (χ1) is 10.0. The van der Waals surface area contributed by atoms with Gasteiger partial charge in [-0.3, -0.25) is 4.79 Å². The normalized spacial score (nSPS) is 18.2. The van der Waals surface area contributed by atoms with Crippen LogP contribution in [0.4, 0.5) is 0 Å². The van der Waals surface area contributed by atoms with Crippen LogP contribution in [-0.2, 0) is 14.3 Å². The first-order valence-electron chi connectivity index (χ1n) is 6.55. The quantitative estimate of drug-likeness (QED) is 0.632. The van der Waals surface area contributed by atoms with Gasteiger partial charge in [-0.05, 0) is 30.5 Å². The first-order valence-corrected chi connectivity index (χ1v) is 7.30. The number of ether oxygens (including phenoxy) is 1. The third-order valence-electron chi connectivity index (χ3n) is 3.40. The van der Waals surface area contributed by atoms with Crippen LogP contribution in [0.2, 0.25) is 10.0 Å². The molecule has 21 heavy (non-hydrogen) atoms. The minimum Gasteiger partial charge on any atom is -0.467 e. The Hall–Kier alpha value is -1.52. The molecule has 112 valence electrons. The van der Waals surface area contributed by atoms with Gasteiger partial charge in [0.1, 0.15) is 6.04 Å². The van der Waals surface area contributed by atoms with Crippen molar-refractivity contribution in [2.45, 2.75) is 18.9 Å². The van der Waals surface area contributed by atoms with Crippen molar-refractivity contribution in [3.8, 4) is 0 Å². The van der Waals surface area contributed by atoms with Crippen LogP contribution in [0.1, 0.15) is 18.4 Å². The number of hydrogen-bond acceptors (Lipinski definition) is 3. The van der Waals surface area contributed by atoms with Crippen molar-refractivity contribution in [2.75, 3.05) is 13.7 Å². The molecule has 1 aliphatic rings. The Morgan fingerprint density at radius 2 is 2.14 bits per heavy atom. The Labute approximate surface area is 133 Å². The van der Waals surface area contributed by atoms with Crippen LogP contribution in [0.3, 0.4) is 0 Å². The van der Waals surface area contributed by atoms with E-state index >= 15 is 0 Å². The highest BCUT2D eigenvalue weighted by atomic mass is 35.5. The van der Waals surface area contributed by atoms with Gasteiger partial charge < -0.3 is 9.64 Å². The highest BCUT2D eigenvalue weighted by molar-refractivity contribution is 6.42. The summed E-state index contributed by atoms with van der Waals surface area (Å²) in [5.41, 5.74) is 0.659. The van der Waals surface area contributed by atoms with Crippen molar-refractivity contribution >= 4 is 41.2 Å². The molecular weight excluding hydrogens is 313 g/mol. The first kappa shape index (κ1) is 15.9. The minimum absolute atomic E-state index is 0.237. The number of esters is 1. The number of rotatable bonds is 3. The summed E-state index contributed by atoms with van der Waals surface area (Å²) in [4.78, 5) is 25.3. The van der Waals surface area contributed by atoms with Gasteiger partial charge in [-0.2, -0.15) is 0 Å². The standard InChI is InChI=1S/C15H15Cl2NO3/c1-21-15(20)12-6-3-9-18(12)13(19)8-7-10-4-2-5-11(16)14(10)17/h2,4-5,7-8,12H,3,6,9H2,1H3. The number of amides is 1. The summed E-state index contributed by atoms with van der Waals surface area (Å²) in [6.07, 6.45) is 4.42. The summed E-state index contributed by atoms with van der Waals surface area (Å²) >= 11 is 12.0. The van der Waals surface area contributed by atoms with Crippen molar-refractivity contribution in [2.24, 2.45) is 0 Å². The molecule has 1 amide bonds. The molecule has 6 heteroatoms. The molecule has 1 aliphatic heterocycles. The summed E-state index contributed by atoms with van der Waals surface area (Å²) in [6, 6.07) is 4.70. The molecule has 1 heterocycles. The van der Waals surface area contributed by atoms with Gasteiger partial charge in [0, 0.05) is 12.6 Å². The predicted octanol–water partition coefficient (Wildman–Crippen LogP) is 3.17. The van der Waals surface area contributed by atoms with Gasteiger partial charge in [0.2, 0.25) is 5.91 Å². The molecule has 1 fully saturated rings. The minimum atomic E-state index is -0.498. The predicted molar refractivity (Wildman–Crippen MR) is 82.2 cm³/mol. The molecule has 0 aromatic heterocycles. The molecule has 2 rings (SSSR count). The van der Waals surface area contributed by atoms with Crippen molar-refractivity contribution in [1.82, 2.24) is 4.90 Å². The number of likely N-dealkylation sites (tertiary alicyclic amines) is 1. The SMILES string of the molecule is COC(=O)C1CCCN1C(=O)C=Cc1cccc(Cl)c1Cl. The lowest BCUT2D eigenvalue weighted by molar-refractivity contribution is -0.149.